The fourth-order valence-corrected chi connectivity index (χ4v) is 3.54. The van der Waals surface area contributed by atoms with Gasteiger partial charge in [-0.25, -0.2) is 9.78 Å². The van der Waals surface area contributed by atoms with E-state index in [2.05, 4.69) is 26.1 Å². The molecule has 11 heteroatoms. The fourth-order valence-electron chi connectivity index (χ4n) is 2.97. The molecule has 0 saturated carbocycles. The Morgan fingerprint density at radius 1 is 1.21 bits per heavy atom. The number of fused-ring (bicyclic) bond motifs is 1. The number of amides is 3. The zero-order chi connectivity index (χ0) is 23.6. The van der Waals surface area contributed by atoms with Gasteiger partial charge in [-0.05, 0) is 24.5 Å². The standard InChI is InChI=1S/C22H23N5O5S/c1-22(2,3)16-10-17(27-32-16)25-21(29)24-13-6-5-12(9-15(13)33-4)31-14-7-8-23-20-19(14)30-11-18(28)26-20/h5-10H,11H2,1-4H3,(H,23,26,28)(H2,24,25,27,29). The maximum atomic E-state index is 12.5. The Hall–Kier alpha value is -3.73. The largest absolute Gasteiger partial charge is 0.476 e. The van der Waals surface area contributed by atoms with Crippen molar-refractivity contribution in [1.29, 1.82) is 0 Å². The van der Waals surface area contributed by atoms with Crippen molar-refractivity contribution < 1.29 is 23.6 Å². The number of benzene rings is 1. The van der Waals surface area contributed by atoms with E-state index >= 15 is 0 Å². The van der Waals surface area contributed by atoms with Gasteiger partial charge in [-0.1, -0.05) is 25.9 Å². The number of carbonyl (C=O) groups excluding carboxylic acids is 2. The van der Waals surface area contributed by atoms with Crippen molar-refractivity contribution in [2.24, 2.45) is 0 Å². The first-order valence-electron chi connectivity index (χ1n) is 10.1. The summed E-state index contributed by atoms with van der Waals surface area (Å²) in [6, 6.07) is 8.16. The van der Waals surface area contributed by atoms with E-state index in [0.29, 0.717) is 40.3 Å². The van der Waals surface area contributed by atoms with Crippen molar-refractivity contribution in [2.75, 3.05) is 28.8 Å². The first kappa shape index (κ1) is 22.5. The molecule has 3 heterocycles. The molecule has 1 aliphatic rings. The quantitative estimate of drug-likeness (QED) is 0.452. The monoisotopic (exact) mass is 469 g/mol. The van der Waals surface area contributed by atoms with E-state index in [9.17, 15) is 9.59 Å². The number of nitrogens with one attached hydrogen (secondary N) is 3. The highest BCUT2D eigenvalue weighted by Gasteiger charge is 2.22. The first-order chi connectivity index (χ1) is 15.7. The molecule has 0 radical (unpaired) electrons. The summed E-state index contributed by atoms with van der Waals surface area (Å²) in [6.45, 7) is 5.88. The highest BCUT2D eigenvalue weighted by Crippen LogP contribution is 2.39. The summed E-state index contributed by atoms with van der Waals surface area (Å²) in [4.78, 5) is 28.8. The summed E-state index contributed by atoms with van der Waals surface area (Å²) in [5.41, 5.74) is 0.392. The molecule has 172 valence electrons. The highest BCUT2D eigenvalue weighted by atomic mass is 32.2. The van der Waals surface area contributed by atoms with Gasteiger partial charge in [-0.15, -0.1) is 11.8 Å². The number of pyridine rings is 1. The average Bonchev–Trinajstić information content (AvgIpc) is 3.23. The number of aromatic nitrogens is 2. The third kappa shape index (κ3) is 5.20. The Bertz CT molecular complexity index is 1200. The second-order valence-corrected chi connectivity index (χ2v) is 9.04. The minimum absolute atomic E-state index is 0.105. The van der Waals surface area contributed by atoms with Gasteiger partial charge in [0.2, 0.25) is 5.75 Å². The van der Waals surface area contributed by atoms with Gasteiger partial charge < -0.3 is 24.6 Å². The van der Waals surface area contributed by atoms with Gasteiger partial charge in [0.15, 0.2) is 24.0 Å². The summed E-state index contributed by atoms with van der Waals surface area (Å²) in [5.74, 6) is 2.36. The number of nitrogens with zero attached hydrogens (tertiary/aromatic N) is 2. The molecule has 0 aliphatic carbocycles. The van der Waals surface area contributed by atoms with E-state index < -0.39 is 6.03 Å². The van der Waals surface area contributed by atoms with Crippen LogP contribution in [0.25, 0.3) is 0 Å². The van der Waals surface area contributed by atoms with Gasteiger partial charge in [0, 0.05) is 28.6 Å². The molecule has 0 fully saturated rings. The highest BCUT2D eigenvalue weighted by molar-refractivity contribution is 7.98. The zero-order valence-corrected chi connectivity index (χ0v) is 19.3. The molecule has 3 aromatic rings. The van der Waals surface area contributed by atoms with Crippen molar-refractivity contribution in [3.63, 3.8) is 0 Å². The maximum absolute atomic E-state index is 12.5. The molecule has 1 aromatic carbocycles. The van der Waals surface area contributed by atoms with Crippen LogP contribution in [-0.4, -0.2) is 34.9 Å². The van der Waals surface area contributed by atoms with Gasteiger partial charge in [-0.3, -0.25) is 10.1 Å². The normalized spacial score (nSPS) is 12.9. The van der Waals surface area contributed by atoms with Gasteiger partial charge in [0.05, 0.1) is 5.69 Å². The van der Waals surface area contributed by atoms with E-state index in [0.717, 1.165) is 4.90 Å². The minimum atomic E-state index is -0.444. The molecular weight excluding hydrogens is 446 g/mol. The lowest BCUT2D eigenvalue weighted by atomic mass is 9.93. The van der Waals surface area contributed by atoms with Crippen molar-refractivity contribution in [2.45, 2.75) is 31.1 Å². The molecule has 1 aliphatic heterocycles. The number of ether oxygens (including phenoxy) is 2. The maximum Gasteiger partial charge on any atom is 0.324 e. The lowest BCUT2D eigenvalue weighted by Crippen LogP contribution is -2.26. The van der Waals surface area contributed by atoms with E-state index in [1.54, 1.807) is 30.3 Å². The second kappa shape index (κ2) is 9.02. The van der Waals surface area contributed by atoms with Gasteiger partial charge >= 0.3 is 6.03 Å². The van der Waals surface area contributed by atoms with Crippen molar-refractivity contribution in [3.05, 3.63) is 42.3 Å². The molecule has 2 aromatic heterocycles. The van der Waals surface area contributed by atoms with Crippen LogP contribution in [0.2, 0.25) is 0 Å². The Balaban J connectivity index is 1.46. The van der Waals surface area contributed by atoms with Crippen LogP contribution in [0.5, 0.6) is 17.2 Å². The number of hydrogen-bond acceptors (Lipinski definition) is 8. The fraction of sp³-hybridized carbons (Fsp3) is 0.273. The predicted octanol–water partition coefficient (Wildman–Crippen LogP) is 4.86. The average molecular weight is 470 g/mol. The molecule has 0 unspecified atom stereocenters. The molecule has 0 spiro atoms. The molecule has 3 N–H and O–H groups in total. The van der Waals surface area contributed by atoms with Gasteiger partial charge in [-0.2, -0.15) is 0 Å². The summed E-state index contributed by atoms with van der Waals surface area (Å²) in [7, 11) is 0. The first-order valence-corrected chi connectivity index (χ1v) is 11.3. The number of rotatable bonds is 5. The van der Waals surface area contributed by atoms with Crippen LogP contribution in [0.15, 0.2) is 45.9 Å². The summed E-state index contributed by atoms with van der Waals surface area (Å²) >= 11 is 1.45. The van der Waals surface area contributed by atoms with E-state index in [-0.39, 0.29) is 17.9 Å². The van der Waals surface area contributed by atoms with Crippen LogP contribution in [0.4, 0.5) is 22.1 Å². The van der Waals surface area contributed by atoms with Crippen molar-refractivity contribution in [1.82, 2.24) is 10.1 Å². The molecule has 0 atom stereocenters. The van der Waals surface area contributed by atoms with Gasteiger partial charge in [0.25, 0.3) is 5.91 Å². The smallest absolute Gasteiger partial charge is 0.324 e. The van der Waals surface area contributed by atoms with Crippen LogP contribution in [0, 0.1) is 0 Å². The Morgan fingerprint density at radius 2 is 2.03 bits per heavy atom. The Morgan fingerprint density at radius 3 is 2.76 bits per heavy atom. The SMILES string of the molecule is CSc1cc(Oc2ccnc3c2OCC(=O)N3)ccc1NC(=O)Nc1cc(C(C)(C)C)on1. The van der Waals surface area contributed by atoms with Crippen LogP contribution in [0.1, 0.15) is 26.5 Å². The number of carbonyl (C=O) groups is 2. The molecule has 10 nitrogen and oxygen atoms in total. The Labute approximate surface area is 194 Å². The lowest BCUT2D eigenvalue weighted by Gasteiger charge is -2.19. The van der Waals surface area contributed by atoms with Crippen molar-refractivity contribution in [3.8, 4) is 17.2 Å². The van der Waals surface area contributed by atoms with E-state index in [1.807, 2.05) is 27.0 Å². The van der Waals surface area contributed by atoms with E-state index in [4.69, 9.17) is 14.0 Å². The number of thioether (sulfide) groups is 1. The van der Waals surface area contributed by atoms with Crippen LogP contribution >= 0.6 is 11.8 Å². The summed E-state index contributed by atoms with van der Waals surface area (Å²) in [5, 5.41) is 12.0. The second-order valence-electron chi connectivity index (χ2n) is 8.19. The van der Waals surface area contributed by atoms with Crippen molar-refractivity contribution >= 4 is 41.0 Å². The predicted molar refractivity (Wildman–Crippen MR) is 125 cm³/mol. The Kier molecular flexibility index (Phi) is 6.14. The molecular formula is C22H23N5O5S. The van der Waals surface area contributed by atoms with Crippen LogP contribution in [-0.2, 0) is 10.2 Å². The number of hydrogen-bond donors (Lipinski definition) is 3. The lowest BCUT2D eigenvalue weighted by molar-refractivity contribution is -0.118. The number of urea groups is 1. The molecule has 33 heavy (non-hydrogen) atoms. The molecule has 3 amide bonds. The molecule has 0 bridgehead atoms. The summed E-state index contributed by atoms with van der Waals surface area (Å²) in [6.07, 6.45) is 3.41. The van der Waals surface area contributed by atoms with Crippen LogP contribution in [0.3, 0.4) is 0 Å². The third-order valence-electron chi connectivity index (χ3n) is 4.61. The van der Waals surface area contributed by atoms with E-state index in [1.165, 1.54) is 18.0 Å². The molecule has 4 rings (SSSR count). The molecule has 0 saturated heterocycles. The topological polar surface area (TPSA) is 128 Å². The zero-order valence-electron chi connectivity index (χ0n) is 18.5. The third-order valence-corrected chi connectivity index (χ3v) is 5.39. The van der Waals surface area contributed by atoms with Gasteiger partial charge in [0.1, 0.15) is 11.5 Å². The van der Waals surface area contributed by atoms with Crippen LogP contribution < -0.4 is 25.4 Å². The summed E-state index contributed by atoms with van der Waals surface area (Å²) < 4.78 is 16.7. The number of anilines is 3. The minimum Gasteiger partial charge on any atom is -0.476 e.